The average Bonchev–Trinajstić information content (AvgIpc) is 3.04. The molecule has 0 bridgehead atoms. The lowest BCUT2D eigenvalue weighted by molar-refractivity contribution is 0.0696. The van der Waals surface area contributed by atoms with Crippen LogP contribution in [-0.4, -0.2) is 27.2 Å². The van der Waals surface area contributed by atoms with Gasteiger partial charge in [0.2, 0.25) is 5.13 Å². The van der Waals surface area contributed by atoms with Crippen LogP contribution in [0.3, 0.4) is 0 Å². The van der Waals surface area contributed by atoms with Crippen molar-refractivity contribution in [3.05, 3.63) is 64.1 Å². The summed E-state index contributed by atoms with van der Waals surface area (Å²) >= 11 is 4.53. The van der Waals surface area contributed by atoms with E-state index in [2.05, 4.69) is 31.4 Å². The van der Waals surface area contributed by atoms with Crippen LogP contribution in [0.25, 0.3) is 10.6 Å². The van der Waals surface area contributed by atoms with Crippen molar-refractivity contribution in [2.75, 3.05) is 5.32 Å². The number of halogens is 1. The molecule has 0 fully saturated rings. The van der Waals surface area contributed by atoms with Gasteiger partial charge >= 0.3 is 5.97 Å². The van der Waals surface area contributed by atoms with Crippen LogP contribution >= 0.6 is 27.3 Å². The number of nitrogens with zero attached hydrogens (tertiary/aromatic N) is 2. The van der Waals surface area contributed by atoms with Crippen molar-refractivity contribution in [1.82, 2.24) is 10.2 Å². The number of rotatable bonds is 4. The Balaban J connectivity index is 1.74. The minimum Gasteiger partial charge on any atom is -0.478 e. The zero-order chi connectivity index (χ0) is 17.1. The van der Waals surface area contributed by atoms with Gasteiger partial charge in [0, 0.05) is 15.6 Å². The van der Waals surface area contributed by atoms with Gasteiger partial charge < -0.3 is 5.11 Å². The molecule has 2 aromatic carbocycles. The van der Waals surface area contributed by atoms with Crippen LogP contribution in [0.1, 0.15) is 20.7 Å². The first kappa shape index (κ1) is 16.3. The van der Waals surface area contributed by atoms with E-state index in [0.717, 1.165) is 10.0 Å². The van der Waals surface area contributed by atoms with E-state index in [9.17, 15) is 9.59 Å². The summed E-state index contributed by atoms with van der Waals surface area (Å²) in [4.78, 5) is 23.0. The summed E-state index contributed by atoms with van der Waals surface area (Å²) in [5.41, 5.74) is 1.45. The molecule has 1 aromatic heterocycles. The van der Waals surface area contributed by atoms with E-state index < -0.39 is 5.97 Å². The van der Waals surface area contributed by atoms with Gasteiger partial charge in [0.25, 0.3) is 5.91 Å². The molecule has 0 spiro atoms. The van der Waals surface area contributed by atoms with Crippen LogP contribution in [0.15, 0.2) is 53.0 Å². The Morgan fingerprint density at radius 1 is 0.958 bits per heavy atom. The topological polar surface area (TPSA) is 92.2 Å². The fourth-order valence-electron chi connectivity index (χ4n) is 1.92. The van der Waals surface area contributed by atoms with Gasteiger partial charge in [-0.25, -0.2) is 4.79 Å². The molecule has 3 aromatic rings. The highest BCUT2D eigenvalue weighted by Crippen LogP contribution is 2.27. The maximum Gasteiger partial charge on any atom is 0.335 e. The van der Waals surface area contributed by atoms with E-state index in [1.807, 2.05) is 0 Å². The Hall–Kier alpha value is -2.58. The number of carboxylic acid groups (broad SMARTS) is 1. The number of aromatic carboxylic acids is 1. The molecule has 8 heteroatoms. The SMILES string of the molecule is O=C(O)c1ccc(-c2nnc(NC(=O)c3ccc(Br)cc3)s2)cc1. The molecule has 0 saturated heterocycles. The quantitative estimate of drug-likeness (QED) is 0.688. The van der Waals surface area contributed by atoms with Crippen LogP contribution in [-0.2, 0) is 0 Å². The van der Waals surface area contributed by atoms with Gasteiger partial charge in [0.1, 0.15) is 5.01 Å². The third-order valence-electron chi connectivity index (χ3n) is 3.13. The van der Waals surface area contributed by atoms with Gasteiger partial charge in [-0.2, -0.15) is 0 Å². The molecule has 0 aliphatic carbocycles. The van der Waals surface area contributed by atoms with E-state index in [0.29, 0.717) is 15.7 Å². The highest BCUT2D eigenvalue weighted by atomic mass is 79.9. The van der Waals surface area contributed by atoms with Crippen molar-refractivity contribution in [3.63, 3.8) is 0 Å². The number of amides is 1. The molecule has 3 rings (SSSR count). The first-order chi connectivity index (χ1) is 11.5. The average molecular weight is 404 g/mol. The molecule has 120 valence electrons. The first-order valence-electron chi connectivity index (χ1n) is 6.77. The highest BCUT2D eigenvalue weighted by molar-refractivity contribution is 9.10. The smallest absolute Gasteiger partial charge is 0.335 e. The third-order valence-corrected chi connectivity index (χ3v) is 4.55. The van der Waals surface area contributed by atoms with Crippen LogP contribution in [0.5, 0.6) is 0 Å². The molecule has 1 amide bonds. The van der Waals surface area contributed by atoms with E-state index in [1.54, 1.807) is 36.4 Å². The lowest BCUT2D eigenvalue weighted by atomic mass is 10.1. The second-order valence-electron chi connectivity index (χ2n) is 4.76. The van der Waals surface area contributed by atoms with Gasteiger partial charge in [0.05, 0.1) is 5.56 Å². The van der Waals surface area contributed by atoms with Gasteiger partial charge in [-0.3, -0.25) is 10.1 Å². The number of carboxylic acids is 1. The Labute approximate surface area is 149 Å². The number of hydrogen-bond acceptors (Lipinski definition) is 5. The van der Waals surface area contributed by atoms with E-state index in [4.69, 9.17) is 5.11 Å². The van der Waals surface area contributed by atoms with Crippen molar-refractivity contribution in [3.8, 4) is 10.6 Å². The van der Waals surface area contributed by atoms with Crippen LogP contribution in [0, 0.1) is 0 Å². The number of carbonyl (C=O) groups excluding carboxylic acids is 1. The number of anilines is 1. The van der Waals surface area contributed by atoms with Gasteiger partial charge in [0.15, 0.2) is 0 Å². The van der Waals surface area contributed by atoms with Crippen LogP contribution in [0.4, 0.5) is 5.13 Å². The molecule has 0 aliphatic heterocycles. The Morgan fingerprint density at radius 2 is 1.58 bits per heavy atom. The number of nitrogens with one attached hydrogen (secondary N) is 1. The lowest BCUT2D eigenvalue weighted by Gasteiger charge is -2.00. The number of aromatic nitrogens is 2. The molecule has 24 heavy (non-hydrogen) atoms. The summed E-state index contributed by atoms with van der Waals surface area (Å²) in [7, 11) is 0. The minimum absolute atomic E-state index is 0.201. The standard InChI is InChI=1S/C16H10BrN3O3S/c17-12-7-5-9(6-8-12)13(21)18-16-20-19-14(24-16)10-1-3-11(4-2-10)15(22)23/h1-8H,(H,22,23)(H,18,20,21). The van der Waals surface area contributed by atoms with Gasteiger partial charge in [-0.1, -0.05) is 39.4 Å². The second-order valence-corrected chi connectivity index (χ2v) is 6.65. The fraction of sp³-hybridized carbons (Fsp3) is 0. The van der Waals surface area contributed by atoms with E-state index in [1.165, 1.54) is 23.5 Å². The first-order valence-corrected chi connectivity index (χ1v) is 8.38. The molecule has 0 saturated carbocycles. The predicted molar refractivity (Wildman–Crippen MR) is 94.4 cm³/mol. The van der Waals surface area contributed by atoms with Gasteiger partial charge in [-0.05, 0) is 36.4 Å². The molecule has 0 radical (unpaired) electrons. The minimum atomic E-state index is -0.985. The summed E-state index contributed by atoms with van der Waals surface area (Å²) in [6, 6.07) is 13.3. The summed E-state index contributed by atoms with van der Waals surface area (Å²) in [5.74, 6) is -1.26. The maximum atomic E-state index is 12.1. The molecule has 0 unspecified atom stereocenters. The number of carbonyl (C=O) groups is 2. The van der Waals surface area contributed by atoms with E-state index >= 15 is 0 Å². The normalized spacial score (nSPS) is 10.4. The lowest BCUT2D eigenvalue weighted by Crippen LogP contribution is -2.11. The third kappa shape index (κ3) is 3.66. The fourth-order valence-corrected chi connectivity index (χ4v) is 2.92. The monoisotopic (exact) mass is 403 g/mol. The zero-order valence-electron chi connectivity index (χ0n) is 12.1. The molecule has 0 atom stereocenters. The van der Waals surface area contributed by atoms with Crippen molar-refractivity contribution in [2.45, 2.75) is 0 Å². The molecule has 6 nitrogen and oxygen atoms in total. The summed E-state index contributed by atoms with van der Waals surface area (Å²) in [5, 5.41) is 20.5. The van der Waals surface area contributed by atoms with Crippen molar-refractivity contribution in [2.24, 2.45) is 0 Å². The second kappa shape index (κ2) is 6.90. The Morgan fingerprint density at radius 3 is 2.21 bits per heavy atom. The van der Waals surface area contributed by atoms with Crippen LogP contribution in [0.2, 0.25) is 0 Å². The van der Waals surface area contributed by atoms with Gasteiger partial charge in [-0.15, -0.1) is 10.2 Å². The predicted octanol–water partition coefficient (Wildman–Crippen LogP) is 3.92. The Bertz CT molecular complexity index is 892. The van der Waals surface area contributed by atoms with Crippen molar-refractivity contribution < 1.29 is 14.7 Å². The maximum absolute atomic E-state index is 12.1. The molecular weight excluding hydrogens is 394 g/mol. The molecule has 1 heterocycles. The zero-order valence-corrected chi connectivity index (χ0v) is 14.5. The van der Waals surface area contributed by atoms with Crippen LogP contribution < -0.4 is 5.32 Å². The van der Waals surface area contributed by atoms with E-state index in [-0.39, 0.29) is 11.5 Å². The molecule has 0 aliphatic rings. The van der Waals surface area contributed by atoms with Crippen molar-refractivity contribution in [1.29, 1.82) is 0 Å². The molecular formula is C16H10BrN3O3S. The van der Waals surface area contributed by atoms with Crippen molar-refractivity contribution >= 4 is 44.3 Å². The summed E-state index contributed by atoms with van der Waals surface area (Å²) in [6.07, 6.45) is 0. The largest absolute Gasteiger partial charge is 0.478 e. The summed E-state index contributed by atoms with van der Waals surface area (Å²) < 4.78 is 0.891. The number of benzene rings is 2. The Kier molecular flexibility index (Phi) is 4.68. The highest BCUT2D eigenvalue weighted by Gasteiger charge is 2.12. The number of hydrogen-bond donors (Lipinski definition) is 2. The summed E-state index contributed by atoms with van der Waals surface area (Å²) in [6.45, 7) is 0. The molecule has 2 N–H and O–H groups in total.